The Labute approximate surface area is 126 Å². The van der Waals surface area contributed by atoms with Crippen LogP contribution in [0.25, 0.3) is 0 Å². The van der Waals surface area contributed by atoms with E-state index in [0.29, 0.717) is 6.04 Å². The van der Waals surface area contributed by atoms with Crippen LogP contribution in [0.3, 0.4) is 0 Å². The molecule has 1 fully saturated rings. The summed E-state index contributed by atoms with van der Waals surface area (Å²) in [5, 5.41) is 8.12. The monoisotopic (exact) mass is 284 g/mol. The maximum absolute atomic E-state index is 4.45. The fraction of sp³-hybridized carbons (Fsp3) is 0.471. The molecule has 1 saturated heterocycles. The Kier molecular flexibility index (Phi) is 4.36. The van der Waals surface area contributed by atoms with Gasteiger partial charge in [-0.15, -0.1) is 0 Å². The van der Waals surface area contributed by atoms with Gasteiger partial charge in [-0.25, -0.2) is 0 Å². The molecule has 4 heteroatoms. The zero-order chi connectivity index (χ0) is 14.7. The standard InChI is InChI=1S/C17H24N4/c1-14-11-16(20(2)19-14)12-21-10-6-9-18-17(13-21)15-7-4-3-5-8-15/h3-5,7-8,11,17-18H,6,9-10,12-13H2,1-2H3. The lowest BCUT2D eigenvalue weighted by molar-refractivity contribution is 0.254. The van der Waals surface area contributed by atoms with Crippen molar-refractivity contribution in [3.05, 3.63) is 53.3 Å². The Hall–Kier alpha value is -1.65. The lowest BCUT2D eigenvalue weighted by Gasteiger charge is -2.24. The minimum Gasteiger partial charge on any atom is -0.309 e. The molecule has 0 bridgehead atoms. The summed E-state index contributed by atoms with van der Waals surface area (Å²) in [5.41, 5.74) is 3.77. The molecule has 4 nitrogen and oxygen atoms in total. The van der Waals surface area contributed by atoms with Crippen LogP contribution < -0.4 is 5.32 Å². The summed E-state index contributed by atoms with van der Waals surface area (Å²) in [5.74, 6) is 0. The Balaban J connectivity index is 1.72. The number of hydrogen-bond donors (Lipinski definition) is 1. The third-order valence-electron chi connectivity index (χ3n) is 4.17. The van der Waals surface area contributed by atoms with E-state index >= 15 is 0 Å². The van der Waals surface area contributed by atoms with E-state index in [9.17, 15) is 0 Å². The first kappa shape index (κ1) is 14.3. The summed E-state index contributed by atoms with van der Waals surface area (Å²) in [4.78, 5) is 2.54. The van der Waals surface area contributed by atoms with Crippen molar-refractivity contribution in [3.8, 4) is 0 Å². The van der Waals surface area contributed by atoms with E-state index in [4.69, 9.17) is 0 Å². The Bertz CT molecular complexity index is 576. The number of nitrogens with zero attached hydrogens (tertiary/aromatic N) is 3. The van der Waals surface area contributed by atoms with Crippen LogP contribution in [0.5, 0.6) is 0 Å². The van der Waals surface area contributed by atoms with Crippen molar-refractivity contribution in [2.24, 2.45) is 7.05 Å². The average molecular weight is 284 g/mol. The topological polar surface area (TPSA) is 33.1 Å². The zero-order valence-corrected chi connectivity index (χ0v) is 12.9. The molecule has 112 valence electrons. The molecule has 2 aromatic rings. The summed E-state index contributed by atoms with van der Waals surface area (Å²) in [6.45, 7) is 6.30. The molecule has 1 aliphatic rings. The van der Waals surface area contributed by atoms with Crippen LogP contribution in [-0.2, 0) is 13.6 Å². The minimum atomic E-state index is 0.419. The van der Waals surface area contributed by atoms with Crippen molar-refractivity contribution in [1.29, 1.82) is 0 Å². The largest absolute Gasteiger partial charge is 0.309 e. The highest BCUT2D eigenvalue weighted by molar-refractivity contribution is 5.19. The molecule has 0 aliphatic carbocycles. The maximum atomic E-state index is 4.45. The minimum absolute atomic E-state index is 0.419. The first-order valence-electron chi connectivity index (χ1n) is 7.72. The van der Waals surface area contributed by atoms with E-state index in [1.807, 2.05) is 11.7 Å². The number of rotatable bonds is 3. The molecule has 1 unspecified atom stereocenters. The third-order valence-corrected chi connectivity index (χ3v) is 4.17. The molecule has 1 atom stereocenters. The Morgan fingerprint density at radius 1 is 1.29 bits per heavy atom. The van der Waals surface area contributed by atoms with E-state index in [0.717, 1.165) is 31.9 Å². The molecule has 21 heavy (non-hydrogen) atoms. The van der Waals surface area contributed by atoms with Gasteiger partial charge in [-0.2, -0.15) is 5.10 Å². The molecule has 0 saturated carbocycles. The fourth-order valence-corrected chi connectivity index (χ4v) is 3.09. The summed E-state index contributed by atoms with van der Waals surface area (Å²) < 4.78 is 2.01. The summed E-state index contributed by atoms with van der Waals surface area (Å²) in [6, 6.07) is 13.4. The normalized spacial score (nSPS) is 20.4. The van der Waals surface area contributed by atoms with E-state index in [-0.39, 0.29) is 0 Å². The summed E-state index contributed by atoms with van der Waals surface area (Å²) in [6.07, 6.45) is 1.19. The van der Waals surface area contributed by atoms with Crippen LogP contribution in [0.4, 0.5) is 0 Å². The smallest absolute Gasteiger partial charge is 0.0597 e. The highest BCUT2D eigenvalue weighted by atomic mass is 15.3. The number of aromatic nitrogens is 2. The second-order valence-electron chi connectivity index (χ2n) is 5.91. The molecule has 0 spiro atoms. The summed E-state index contributed by atoms with van der Waals surface area (Å²) >= 11 is 0. The Morgan fingerprint density at radius 2 is 2.10 bits per heavy atom. The number of benzene rings is 1. The van der Waals surface area contributed by atoms with Gasteiger partial charge in [-0.1, -0.05) is 30.3 Å². The van der Waals surface area contributed by atoms with Gasteiger partial charge >= 0.3 is 0 Å². The Morgan fingerprint density at radius 3 is 2.81 bits per heavy atom. The molecule has 1 aromatic carbocycles. The zero-order valence-electron chi connectivity index (χ0n) is 12.9. The van der Waals surface area contributed by atoms with Crippen molar-refractivity contribution < 1.29 is 0 Å². The van der Waals surface area contributed by atoms with Gasteiger partial charge in [-0.05, 0) is 38.1 Å². The molecule has 1 aliphatic heterocycles. The lowest BCUT2D eigenvalue weighted by Crippen LogP contribution is -2.31. The van der Waals surface area contributed by atoms with E-state index in [1.165, 1.54) is 17.7 Å². The van der Waals surface area contributed by atoms with Gasteiger partial charge in [0.25, 0.3) is 0 Å². The molecule has 1 aromatic heterocycles. The summed E-state index contributed by atoms with van der Waals surface area (Å²) in [7, 11) is 2.03. The van der Waals surface area contributed by atoms with Gasteiger partial charge in [0.1, 0.15) is 0 Å². The number of hydrogen-bond acceptors (Lipinski definition) is 3. The van der Waals surface area contributed by atoms with Crippen LogP contribution in [0.2, 0.25) is 0 Å². The van der Waals surface area contributed by atoms with Gasteiger partial charge in [-0.3, -0.25) is 9.58 Å². The van der Waals surface area contributed by atoms with Gasteiger partial charge in [0.05, 0.1) is 11.4 Å². The van der Waals surface area contributed by atoms with Gasteiger partial charge in [0.15, 0.2) is 0 Å². The lowest BCUT2D eigenvalue weighted by atomic mass is 10.1. The molecule has 2 heterocycles. The SMILES string of the molecule is Cc1cc(CN2CCCNC(c3ccccc3)C2)n(C)n1. The van der Waals surface area contributed by atoms with E-state index in [1.54, 1.807) is 0 Å². The predicted octanol–water partition coefficient (Wildman–Crippen LogP) is 2.27. The van der Waals surface area contributed by atoms with Crippen LogP contribution in [0.1, 0.15) is 29.4 Å². The van der Waals surface area contributed by atoms with Crippen molar-refractivity contribution in [1.82, 2.24) is 20.0 Å². The highest BCUT2D eigenvalue weighted by Gasteiger charge is 2.20. The van der Waals surface area contributed by atoms with Gasteiger partial charge in [0.2, 0.25) is 0 Å². The fourth-order valence-electron chi connectivity index (χ4n) is 3.09. The molecular formula is C17H24N4. The molecule has 1 N–H and O–H groups in total. The second kappa shape index (κ2) is 6.41. The highest BCUT2D eigenvalue weighted by Crippen LogP contribution is 2.18. The van der Waals surface area contributed by atoms with Crippen LogP contribution in [0, 0.1) is 6.92 Å². The first-order chi connectivity index (χ1) is 10.2. The van der Waals surface area contributed by atoms with Crippen LogP contribution >= 0.6 is 0 Å². The molecule has 0 amide bonds. The number of nitrogens with one attached hydrogen (secondary N) is 1. The van der Waals surface area contributed by atoms with E-state index in [2.05, 4.69) is 58.6 Å². The van der Waals surface area contributed by atoms with Crippen molar-refractivity contribution in [2.45, 2.75) is 25.9 Å². The maximum Gasteiger partial charge on any atom is 0.0597 e. The molecule has 0 radical (unpaired) electrons. The molecule has 3 rings (SSSR count). The van der Waals surface area contributed by atoms with Crippen molar-refractivity contribution >= 4 is 0 Å². The van der Waals surface area contributed by atoms with E-state index < -0.39 is 0 Å². The van der Waals surface area contributed by atoms with Gasteiger partial charge in [0, 0.05) is 26.2 Å². The average Bonchev–Trinajstić information content (AvgIpc) is 2.68. The predicted molar refractivity (Wildman–Crippen MR) is 85.0 cm³/mol. The van der Waals surface area contributed by atoms with Crippen LogP contribution in [-0.4, -0.2) is 34.3 Å². The first-order valence-corrected chi connectivity index (χ1v) is 7.72. The van der Waals surface area contributed by atoms with Crippen molar-refractivity contribution in [3.63, 3.8) is 0 Å². The second-order valence-corrected chi connectivity index (χ2v) is 5.91. The van der Waals surface area contributed by atoms with Crippen molar-refractivity contribution in [2.75, 3.05) is 19.6 Å². The number of aryl methyl sites for hydroxylation is 2. The quantitative estimate of drug-likeness (QED) is 0.938. The van der Waals surface area contributed by atoms with Crippen LogP contribution in [0.15, 0.2) is 36.4 Å². The third kappa shape index (κ3) is 3.52. The van der Waals surface area contributed by atoms with Gasteiger partial charge < -0.3 is 5.32 Å². The molecular weight excluding hydrogens is 260 g/mol.